The van der Waals surface area contributed by atoms with Gasteiger partial charge in [-0.2, -0.15) is 4.31 Å². The Bertz CT molecular complexity index is 583. The molecule has 0 aliphatic carbocycles. The van der Waals surface area contributed by atoms with Crippen molar-refractivity contribution in [3.05, 3.63) is 15.8 Å². The number of aryl methyl sites for hydroxylation is 1. The monoisotopic (exact) mass is 332 g/mol. The van der Waals surface area contributed by atoms with E-state index in [1.54, 1.807) is 10.4 Å². The van der Waals surface area contributed by atoms with Crippen LogP contribution in [-0.4, -0.2) is 45.1 Å². The third kappa shape index (κ3) is 3.48. The Balaban J connectivity index is 2.35. The number of thiophene rings is 1. The molecular formula is C14H24N2O3S2. The molecule has 1 aliphatic heterocycles. The summed E-state index contributed by atoms with van der Waals surface area (Å²) in [5, 5.41) is 3.06. The van der Waals surface area contributed by atoms with Crippen molar-refractivity contribution in [3.63, 3.8) is 0 Å². The first-order valence-corrected chi connectivity index (χ1v) is 9.53. The van der Waals surface area contributed by atoms with E-state index in [0.29, 0.717) is 24.6 Å². The molecule has 0 bridgehead atoms. The number of sulfonamides is 1. The van der Waals surface area contributed by atoms with E-state index in [1.165, 1.54) is 11.3 Å². The number of rotatable bonds is 5. The molecule has 1 fully saturated rings. The van der Waals surface area contributed by atoms with Gasteiger partial charge in [-0.25, -0.2) is 8.42 Å². The quantitative estimate of drug-likeness (QED) is 0.895. The van der Waals surface area contributed by atoms with Crippen molar-refractivity contribution in [2.24, 2.45) is 0 Å². The lowest BCUT2D eigenvalue weighted by Crippen LogP contribution is -2.51. The first-order valence-electron chi connectivity index (χ1n) is 7.27. The third-order valence-corrected chi connectivity index (χ3v) is 6.97. The van der Waals surface area contributed by atoms with Crippen LogP contribution in [0.2, 0.25) is 0 Å². The zero-order valence-corrected chi connectivity index (χ0v) is 14.7. The normalized spacial score (nSPS) is 24.4. The number of nitrogens with one attached hydrogen (secondary N) is 1. The summed E-state index contributed by atoms with van der Waals surface area (Å²) in [5.41, 5.74) is 0. The standard InChI is InChI=1S/C14H24N2O3S2/c1-5-12-9-19-10(2)8-16(12)21(17,18)14-6-13(7-15-4)20-11(14)3/h6,10,12,15H,5,7-9H2,1-4H3. The summed E-state index contributed by atoms with van der Waals surface area (Å²) in [7, 11) is -1.59. The lowest BCUT2D eigenvalue weighted by atomic mass is 10.2. The number of nitrogens with zero attached hydrogens (tertiary/aromatic N) is 1. The van der Waals surface area contributed by atoms with E-state index in [1.807, 2.05) is 27.8 Å². The SMILES string of the molecule is CCC1COC(C)CN1S(=O)(=O)c1cc(CNC)sc1C. The van der Waals surface area contributed by atoms with E-state index in [0.717, 1.165) is 16.2 Å². The lowest BCUT2D eigenvalue weighted by Gasteiger charge is -2.37. The molecular weight excluding hydrogens is 308 g/mol. The molecule has 5 nitrogen and oxygen atoms in total. The third-order valence-electron chi connectivity index (χ3n) is 3.75. The Hall–Kier alpha value is -0.470. The van der Waals surface area contributed by atoms with Gasteiger partial charge in [-0.1, -0.05) is 6.92 Å². The lowest BCUT2D eigenvalue weighted by molar-refractivity contribution is -0.0230. The molecule has 1 saturated heterocycles. The van der Waals surface area contributed by atoms with Crippen LogP contribution in [-0.2, 0) is 21.3 Å². The van der Waals surface area contributed by atoms with Crippen molar-refractivity contribution in [3.8, 4) is 0 Å². The Morgan fingerprint density at radius 2 is 2.24 bits per heavy atom. The van der Waals surface area contributed by atoms with Crippen molar-refractivity contribution >= 4 is 21.4 Å². The predicted octanol–water partition coefficient (Wildman–Crippen LogP) is 1.96. The van der Waals surface area contributed by atoms with E-state index in [4.69, 9.17) is 4.74 Å². The maximum Gasteiger partial charge on any atom is 0.244 e. The van der Waals surface area contributed by atoms with Gasteiger partial charge in [0.1, 0.15) is 0 Å². The molecule has 2 heterocycles. The van der Waals surface area contributed by atoms with Gasteiger partial charge < -0.3 is 10.1 Å². The van der Waals surface area contributed by atoms with Gasteiger partial charge in [0, 0.05) is 28.9 Å². The molecule has 1 aromatic rings. The molecule has 0 spiro atoms. The molecule has 1 aliphatic rings. The summed E-state index contributed by atoms with van der Waals surface area (Å²) in [6, 6.07) is 1.73. The number of hydrogen-bond donors (Lipinski definition) is 1. The van der Waals surface area contributed by atoms with Crippen LogP contribution in [0.3, 0.4) is 0 Å². The van der Waals surface area contributed by atoms with Gasteiger partial charge in [0.2, 0.25) is 10.0 Å². The molecule has 0 radical (unpaired) electrons. The molecule has 0 amide bonds. The molecule has 0 aromatic carbocycles. The van der Waals surface area contributed by atoms with Crippen LogP contribution in [0.15, 0.2) is 11.0 Å². The molecule has 1 N–H and O–H groups in total. The van der Waals surface area contributed by atoms with E-state index < -0.39 is 10.0 Å². The first-order chi connectivity index (χ1) is 9.90. The predicted molar refractivity (Wildman–Crippen MR) is 85.2 cm³/mol. The summed E-state index contributed by atoms with van der Waals surface area (Å²) < 4.78 is 33.2. The summed E-state index contributed by atoms with van der Waals surface area (Å²) in [4.78, 5) is 2.35. The Morgan fingerprint density at radius 1 is 1.52 bits per heavy atom. The summed E-state index contributed by atoms with van der Waals surface area (Å²) in [5.74, 6) is 0. The highest BCUT2D eigenvalue weighted by Crippen LogP contribution is 2.31. The molecule has 2 rings (SSSR count). The van der Waals surface area contributed by atoms with Gasteiger partial charge in [-0.3, -0.25) is 0 Å². The Labute approximate surface area is 131 Å². The fourth-order valence-electron chi connectivity index (χ4n) is 2.60. The van der Waals surface area contributed by atoms with Gasteiger partial charge in [-0.05, 0) is 33.4 Å². The highest BCUT2D eigenvalue weighted by atomic mass is 32.2. The van der Waals surface area contributed by atoms with E-state index in [2.05, 4.69) is 5.32 Å². The van der Waals surface area contributed by atoms with Crippen molar-refractivity contribution in [1.82, 2.24) is 9.62 Å². The van der Waals surface area contributed by atoms with Gasteiger partial charge in [0.05, 0.1) is 17.6 Å². The number of ether oxygens (including phenoxy) is 1. The van der Waals surface area contributed by atoms with Crippen LogP contribution in [0.5, 0.6) is 0 Å². The van der Waals surface area contributed by atoms with Gasteiger partial charge in [0.15, 0.2) is 0 Å². The molecule has 1 aromatic heterocycles. The summed E-state index contributed by atoms with van der Waals surface area (Å²) >= 11 is 1.54. The highest BCUT2D eigenvalue weighted by molar-refractivity contribution is 7.89. The highest BCUT2D eigenvalue weighted by Gasteiger charge is 2.36. The van der Waals surface area contributed by atoms with Crippen LogP contribution >= 0.6 is 11.3 Å². The average molecular weight is 332 g/mol. The van der Waals surface area contributed by atoms with Crippen LogP contribution < -0.4 is 5.32 Å². The van der Waals surface area contributed by atoms with Crippen LogP contribution in [0.25, 0.3) is 0 Å². The minimum atomic E-state index is -3.45. The molecule has 2 atom stereocenters. The number of hydrogen-bond acceptors (Lipinski definition) is 5. The second-order valence-electron chi connectivity index (χ2n) is 5.44. The maximum atomic E-state index is 13.0. The van der Waals surface area contributed by atoms with Gasteiger partial charge in [0.25, 0.3) is 0 Å². The van der Waals surface area contributed by atoms with Gasteiger partial charge in [-0.15, -0.1) is 11.3 Å². The first kappa shape index (κ1) is 16.9. The van der Waals surface area contributed by atoms with E-state index >= 15 is 0 Å². The molecule has 21 heavy (non-hydrogen) atoms. The zero-order valence-electron chi connectivity index (χ0n) is 13.0. The van der Waals surface area contributed by atoms with Crippen molar-refractivity contribution < 1.29 is 13.2 Å². The molecule has 2 unspecified atom stereocenters. The van der Waals surface area contributed by atoms with Crippen molar-refractivity contribution in [2.45, 2.75) is 50.8 Å². The number of morpholine rings is 1. The fourth-order valence-corrected chi connectivity index (χ4v) is 5.97. The van der Waals surface area contributed by atoms with Crippen LogP contribution in [0, 0.1) is 6.92 Å². The average Bonchev–Trinajstić information content (AvgIpc) is 2.81. The minimum Gasteiger partial charge on any atom is -0.375 e. The largest absolute Gasteiger partial charge is 0.375 e. The van der Waals surface area contributed by atoms with Crippen molar-refractivity contribution in [2.75, 3.05) is 20.2 Å². The molecule has 7 heteroatoms. The topological polar surface area (TPSA) is 58.6 Å². The molecule has 120 valence electrons. The smallest absolute Gasteiger partial charge is 0.244 e. The Morgan fingerprint density at radius 3 is 2.86 bits per heavy atom. The fraction of sp³-hybridized carbons (Fsp3) is 0.714. The second-order valence-corrected chi connectivity index (χ2v) is 8.64. The van der Waals surface area contributed by atoms with E-state index in [-0.39, 0.29) is 12.1 Å². The Kier molecular flexibility index (Phi) is 5.43. The summed E-state index contributed by atoms with van der Waals surface area (Å²) in [6.07, 6.45) is 0.705. The minimum absolute atomic E-state index is 0.0571. The summed E-state index contributed by atoms with van der Waals surface area (Å²) in [6.45, 7) is 7.39. The molecule has 0 saturated carbocycles. The van der Waals surface area contributed by atoms with Crippen LogP contribution in [0.4, 0.5) is 0 Å². The van der Waals surface area contributed by atoms with E-state index in [9.17, 15) is 8.42 Å². The van der Waals surface area contributed by atoms with Crippen molar-refractivity contribution in [1.29, 1.82) is 0 Å². The van der Waals surface area contributed by atoms with Gasteiger partial charge >= 0.3 is 0 Å². The second kappa shape index (κ2) is 6.75. The maximum absolute atomic E-state index is 13.0. The van der Waals surface area contributed by atoms with Crippen LogP contribution in [0.1, 0.15) is 30.0 Å². The zero-order chi connectivity index (χ0) is 15.6.